The van der Waals surface area contributed by atoms with Crippen molar-refractivity contribution in [2.45, 2.75) is 0 Å². The molecule has 0 aliphatic carbocycles. The van der Waals surface area contributed by atoms with Crippen LogP contribution in [0.2, 0.25) is 0 Å². The van der Waals surface area contributed by atoms with Crippen LogP contribution >= 0.6 is 0 Å². The number of rotatable bonds is 0. The summed E-state index contributed by atoms with van der Waals surface area (Å²) in [6.07, 6.45) is 3.62. The van der Waals surface area contributed by atoms with Gasteiger partial charge in [-0.3, -0.25) is 0 Å². The van der Waals surface area contributed by atoms with E-state index in [9.17, 15) is 0 Å². The lowest BCUT2D eigenvalue weighted by molar-refractivity contribution is 1.35. The van der Waals surface area contributed by atoms with Crippen molar-refractivity contribution >= 4 is 43.5 Å². The number of fused-ring (bicyclic) bond motifs is 8. The number of H-pyrrole nitrogens is 1. The maximum atomic E-state index is 4.48. The molecule has 3 aromatic carbocycles. The summed E-state index contributed by atoms with van der Waals surface area (Å²) in [5, 5.41) is 5.94. The van der Waals surface area contributed by atoms with Crippen molar-refractivity contribution in [3.63, 3.8) is 0 Å². The second kappa shape index (κ2) is 3.79. The fourth-order valence-corrected chi connectivity index (χ4v) is 3.24. The largest absolute Gasteiger partial charge is 0.361 e. The molecule has 0 aliphatic heterocycles. The maximum Gasteiger partial charge on any atom is 0.116 e. The third kappa shape index (κ3) is 1.32. The normalized spacial score (nSPS) is 11.8. The Hall–Kier alpha value is -2.94. The zero-order valence-corrected chi connectivity index (χ0v) is 11.2. The van der Waals surface area contributed by atoms with Gasteiger partial charge in [0, 0.05) is 22.4 Å². The van der Waals surface area contributed by atoms with E-state index in [0.717, 1.165) is 27.3 Å². The minimum atomic E-state index is 0.975. The molecule has 1 N–H and O–H groups in total. The molecule has 0 saturated carbocycles. The fraction of sp³-hybridized carbons (Fsp3) is 0. The summed E-state index contributed by atoms with van der Waals surface area (Å²) in [4.78, 5) is 12.3. The van der Waals surface area contributed by atoms with Crippen molar-refractivity contribution in [1.29, 1.82) is 0 Å². The van der Waals surface area contributed by atoms with Gasteiger partial charge < -0.3 is 4.98 Å². The molecule has 0 bridgehead atoms. The molecule has 0 amide bonds. The summed E-state index contributed by atoms with van der Waals surface area (Å²) >= 11 is 0. The smallest absolute Gasteiger partial charge is 0.116 e. The summed E-state index contributed by atoms with van der Waals surface area (Å²) in [5.41, 5.74) is 3.10. The van der Waals surface area contributed by atoms with Crippen LogP contribution in [0.25, 0.3) is 43.5 Å². The zero-order valence-electron chi connectivity index (χ0n) is 11.2. The van der Waals surface area contributed by atoms with Gasteiger partial charge in [0.2, 0.25) is 0 Å². The number of benzene rings is 3. The number of nitrogens with one attached hydrogen (secondary N) is 1. The third-order valence-corrected chi connectivity index (χ3v) is 4.14. The summed E-state index contributed by atoms with van der Waals surface area (Å²) in [5.74, 6) is 0. The highest BCUT2D eigenvalue weighted by atomic mass is 14.9. The van der Waals surface area contributed by atoms with E-state index in [1.807, 2.05) is 12.3 Å². The highest BCUT2D eigenvalue weighted by molar-refractivity contribution is 6.29. The molecule has 5 aromatic rings. The van der Waals surface area contributed by atoms with E-state index in [0.29, 0.717) is 0 Å². The molecule has 0 unspecified atom stereocenters. The predicted molar refractivity (Wildman–Crippen MR) is 86.4 cm³/mol. The first-order chi connectivity index (χ1) is 10.4. The molecule has 2 aromatic heterocycles. The lowest BCUT2D eigenvalue weighted by atomic mass is 9.97. The third-order valence-electron chi connectivity index (χ3n) is 4.14. The van der Waals surface area contributed by atoms with Crippen molar-refractivity contribution in [2.24, 2.45) is 0 Å². The quantitative estimate of drug-likeness (QED) is 0.423. The summed E-state index contributed by atoms with van der Waals surface area (Å²) in [6.45, 7) is 0. The molecule has 2 heterocycles. The number of nitrogens with zero attached hydrogens (tertiary/aromatic N) is 2. The van der Waals surface area contributed by atoms with E-state index in [1.54, 1.807) is 6.33 Å². The van der Waals surface area contributed by atoms with E-state index in [1.165, 1.54) is 16.2 Å². The molecule has 0 atom stereocenters. The zero-order chi connectivity index (χ0) is 13.8. The molecule has 3 nitrogen and oxygen atoms in total. The van der Waals surface area contributed by atoms with Crippen LogP contribution in [0.3, 0.4) is 0 Å². The van der Waals surface area contributed by atoms with E-state index in [4.69, 9.17) is 0 Å². The molecule has 0 saturated heterocycles. The monoisotopic (exact) mass is 269 g/mol. The van der Waals surface area contributed by atoms with Crippen LogP contribution in [-0.2, 0) is 0 Å². The minimum absolute atomic E-state index is 0.975. The standard InChI is InChI=1S/C18H11N3/c1-2-6-13-12(5-1)15-14(18-17(13)20-10-21-18)8-7-11-4-3-9-19-16(11)15/h1-10,19H. The van der Waals surface area contributed by atoms with Crippen molar-refractivity contribution in [1.82, 2.24) is 15.0 Å². The molecule has 3 heteroatoms. The number of pyridine rings is 1. The molecular formula is C18H11N3. The van der Waals surface area contributed by atoms with Gasteiger partial charge in [0.15, 0.2) is 0 Å². The molecular weight excluding hydrogens is 258 g/mol. The second-order valence-electron chi connectivity index (χ2n) is 5.24. The summed E-state index contributed by atoms with van der Waals surface area (Å²) < 4.78 is 0. The number of aromatic amines is 1. The van der Waals surface area contributed by atoms with Gasteiger partial charge in [-0.2, -0.15) is 0 Å². The van der Waals surface area contributed by atoms with E-state index in [2.05, 4.69) is 57.4 Å². The van der Waals surface area contributed by atoms with E-state index < -0.39 is 0 Å². The SMILES string of the molecule is c1c[nH]c2c(c1)ccc1c3ncnc3c3ccccc3c12. The Labute approximate surface area is 120 Å². The number of hydrogen-bond acceptors (Lipinski definition) is 2. The first-order valence-electron chi connectivity index (χ1n) is 6.95. The van der Waals surface area contributed by atoms with Gasteiger partial charge in [-0.1, -0.05) is 42.5 Å². The van der Waals surface area contributed by atoms with Gasteiger partial charge in [-0.15, -0.1) is 0 Å². The lowest BCUT2D eigenvalue weighted by Crippen LogP contribution is -1.86. The Morgan fingerprint density at radius 2 is 1.52 bits per heavy atom. The Balaban J connectivity index is 2.25. The first kappa shape index (κ1) is 10.8. The fourth-order valence-electron chi connectivity index (χ4n) is 3.24. The van der Waals surface area contributed by atoms with Crippen molar-refractivity contribution in [2.75, 3.05) is 0 Å². The molecule has 0 spiro atoms. The highest BCUT2D eigenvalue weighted by Crippen LogP contribution is 2.36. The number of hydrogen-bond donors (Lipinski definition) is 1. The van der Waals surface area contributed by atoms with Crippen LogP contribution in [0.1, 0.15) is 0 Å². The van der Waals surface area contributed by atoms with Crippen molar-refractivity contribution in [3.8, 4) is 0 Å². The highest BCUT2D eigenvalue weighted by Gasteiger charge is 2.12. The minimum Gasteiger partial charge on any atom is -0.361 e. The van der Waals surface area contributed by atoms with Crippen LogP contribution < -0.4 is 0 Å². The topological polar surface area (TPSA) is 41.6 Å². The Bertz CT molecular complexity index is 1140. The Kier molecular flexibility index (Phi) is 1.95. The van der Waals surface area contributed by atoms with Crippen LogP contribution in [0.4, 0.5) is 0 Å². The first-order valence-corrected chi connectivity index (χ1v) is 6.95. The molecule has 98 valence electrons. The average molecular weight is 269 g/mol. The molecule has 5 rings (SSSR count). The Morgan fingerprint density at radius 1 is 0.714 bits per heavy atom. The van der Waals surface area contributed by atoms with Gasteiger partial charge in [0.05, 0.1) is 16.6 Å². The van der Waals surface area contributed by atoms with Crippen molar-refractivity contribution in [3.05, 3.63) is 61.1 Å². The van der Waals surface area contributed by atoms with Crippen LogP contribution in [-0.4, -0.2) is 15.0 Å². The second-order valence-corrected chi connectivity index (χ2v) is 5.24. The maximum absolute atomic E-state index is 4.48. The van der Waals surface area contributed by atoms with Gasteiger partial charge >= 0.3 is 0 Å². The Morgan fingerprint density at radius 3 is 2.43 bits per heavy atom. The van der Waals surface area contributed by atoms with Gasteiger partial charge in [-0.05, 0) is 16.8 Å². The summed E-state index contributed by atoms with van der Waals surface area (Å²) in [7, 11) is 0. The van der Waals surface area contributed by atoms with Crippen LogP contribution in [0, 0.1) is 0 Å². The number of aromatic nitrogens is 3. The average Bonchev–Trinajstić information content (AvgIpc) is 3.04. The van der Waals surface area contributed by atoms with E-state index >= 15 is 0 Å². The van der Waals surface area contributed by atoms with Crippen LogP contribution in [0.5, 0.6) is 0 Å². The predicted octanol–water partition coefficient (Wildman–Crippen LogP) is 4.42. The number of imidazole rings is 1. The molecule has 0 radical (unpaired) electrons. The van der Waals surface area contributed by atoms with Gasteiger partial charge in [-0.25, -0.2) is 9.97 Å². The molecule has 0 aliphatic rings. The molecule has 0 fully saturated rings. The lowest BCUT2D eigenvalue weighted by Gasteiger charge is -2.09. The van der Waals surface area contributed by atoms with E-state index in [-0.39, 0.29) is 0 Å². The van der Waals surface area contributed by atoms with Gasteiger partial charge in [0.25, 0.3) is 0 Å². The van der Waals surface area contributed by atoms with Crippen molar-refractivity contribution < 1.29 is 0 Å². The van der Waals surface area contributed by atoms with Crippen LogP contribution in [0.15, 0.2) is 61.1 Å². The molecule has 21 heavy (non-hydrogen) atoms. The summed E-state index contributed by atoms with van der Waals surface area (Å²) in [6, 6.07) is 16.8. The van der Waals surface area contributed by atoms with Gasteiger partial charge in [0.1, 0.15) is 6.33 Å².